The van der Waals surface area contributed by atoms with Crippen molar-refractivity contribution in [1.29, 1.82) is 0 Å². The Morgan fingerprint density at radius 3 is 2.60 bits per heavy atom. The first-order valence-corrected chi connectivity index (χ1v) is 5.45. The van der Waals surface area contributed by atoms with Gasteiger partial charge in [0.25, 0.3) is 0 Å². The monoisotopic (exact) mass is 248 g/mol. The minimum atomic E-state index is -2.17. The molecule has 0 saturated carbocycles. The van der Waals surface area contributed by atoms with Crippen molar-refractivity contribution in [3.63, 3.8) is 0 Å². The fraction of sp³-hybridized carbons (Fsp3) is 0.222. The predicted molar refractivity (Wildman–Crippen MR) is 56.6 cm³/mol. The van der Waals surface area contributed by atoms with E-state index < -0.39 is 17.0 Å². The van der Waals surface area contributed by atoms with Crippen LogP contribution in [-0.2, 0) is 15.8 Å². The van der Waals surface area contributed by atoms with Crippen LogP contribution in [0.15, 0.2) is 17.0 Å². The maximum absolute atomic E-state index is 11.2. The molecule has 0 bridgehead atoms. The molecule has 6 heteroatoms. The Morgan fingerprint density at radius 1 is 1.53 bits per heavy atom. The second-order valence-electron chi connectivity index (χ2n) is 2.82. The van der Waals surface area contributed by atoms with Crippen molar-refractivity contribution in [2.45, 2.75) is 11.8 Å². The third-order valence-electron chi connectivity index (χ3n) is 1.91. The van der Waals surface area contributed by atoms with Crippen molar-refractivity contribution in [1.82, 2.24) is 0 Å². The molecule has 0 amide bonds. The molecular formula is C9H9ClO4S. The van der Waals surface area contributed by atoms with Crippen LogP contribution in [0.5, 0.6) is 0 Å². The van der Waals surface area contributed by atoms with Gasteiger partial charge in [-0.25, -0.2) is 9.00 Å². The molecule has 1 aromatic rings. The van der Waals surface area contributed by atoms with Crippen LogP contribution in [0.1, 0.15) is 15.9 Å². The molecule has 0 saturated heterocycles. The summed E-state index contributed by atoms with van der Waals surface area (Å²) in [5.74, 6) is -0.594. The average Bonchev–Trinajstić information content (AvgIpc) is 2.20. The van der Waals surface area contributed by atoms with E-state index in [1.807, 2.05) is 0 Å². The molecule has 0 spiro atoms. The van der Waals surface area contributed by atoms with Gasteiger partial charge in [-0.2, -0.15) is 0 Å². The van der Waals surface area contributed by atoms with Crippen LogP contribution in [0.4, 0.5) is 0 Å². The van der Waals surface area contributed by atoms with Crippen molar-refractivity contribution >= 4 is 28.7 Å². The van der Waals surface area contributed by atoms with Gasteiger partial charge in [0.05, 0.1) is 17.6 Å². The fourth-order valence-electron chi connectivity index (χ4n) is 1.07. The minimum Gasteiger partial charge on any atom is -0.465 e. The van der Waals surface area contributed by atoms with Crippen molar-refractivity contribution in [2.24, 2.45) is 0 Å². The minimum absolute atomic E-state index is 0.114. The molecule has 0 heterocycles. The van der Waals surface area contributed by atoms with E-state index in [0.29, 0.717) is 5.56 Å². The summed E-state index contributed by atoms with van der Waals surface area (Å²) in [6, 6.07) is 2.70. The molecule has 0 aliphatic rings. The molecule has 0 aliphatic heterocycles. The number of halogens is 1. The van der Waals surface area contributed by atoms with E-state index in [4.69, 9.17) is 16.2 Å². The molecule has 1 unspecified atom stereocenters. The van der Waals surface area contributed by atoms with E-state index in [-0.39, 0.29) is 15.5 Å². The number of methoxy groups -OCH3 is 1. The maximum atomic E-state index is 11.2. The van der Waals surface area contributed by atoms with Gasteiger partial charge in [-0.1, -0.05) is 11.6 Å². The van der Waals surface area contributed by atoms with Gasteiger partial charge in [0.1, 0.15) is 0 Å². The standard InChI is InChI=1S/C9H9ClO4S/c1-5-7(10)3-6(9(11)14-2)4-8(5)15(12)13/h3-4H,1-2H3,(H,12,13). The molecule has 1 atom stereocenters. The zero-order chi connectivity index (χ0) is 11.6. The summed E-state index contributed by atoms with van der Waals surface area (Å²) in [7, 11) is 1.23. The molecule has 4 nitrogen and oxygen atoms in total. The van der Waals surface area contributed by atoms with Crippen LogP contribution >= 0.6 is 11.6 Å². The molecule has 0 aromatic heterocycles. The first-order chi connectivity index (χ1) is 6.97. The summed E-state index contributed by atoms with van der Waals surface area (Å²) in [4.78, 5) is 11.3. The van der Waals surface area contributed by atoms with E-state index in [9.17, 15) is 9.00 Å². The number of esters is 1. The second-order valence-corrected chi connectivity index (χ2v) is 4.17. The Balaban J connectivity index is 3.35. The van der Waals surface area contributed by atoms with Crippen LogP contribution in [0.25, 0.3) is 0 Å². The first-order valence-electron chi connectivity index (χ1n) is 3.96. The number of rotatable bonds is 2. The Bertz CT molecular complexity index is 430. The third-order valence-corrected chi connectivity index (χ3v) is 3.10. The van der Waals surface area contributed by atoms with Gasteiger partial charge >= 0.3 is 5.97 Å². The smallest absolute Gasteiger partial charge is 0.337 e. The highest BCUT2D eigenvalue weighted by molar-refractivity contribution is 7.79. The average molecular weight is 249 g/mol. The molecule has 1 N–H and O–H groups in total. The van der Waals surface area contributed by atoms with E-state index in [2.05, 4.69) is 4.74 Å². The Hall–Kier alpha value is -0.910. The predicted octanol–water partition coefficient (Wildman–Crippen LogP) is 2.02. The molecule has 0 aliphatic carbocycles. The van der Waals surface area contributed by atoms with Gasteiger partial charge in [0.15, 0.2) is 11.1 Å². The third kappa shape index (κ3) is 2.56. The zero-order valence-corrected chi connectivity index (χ0v) is 9.69. The van der Waals surface area contributed by atoms with Crippen LogP contribution in [0.2, 0.25) is 5.02 Å². The van der Waals surface area contributed by atoms with Gasteiger partial charge in [0, 0.05) is 5.02 Å². The number of ether oxygens (including phenoxy) is 1. The van der Waals surface area contributed by atoms with Crippen molar-refractivity contribution in [3.8, 4) is 0 Å². The second kappa shape index (κ2) is 4.74. The quantitative estimate of drug-likeness (QED) is 0.642. The lowest BCUT2D eigenvalue weighted by Gasteiger charge is -2.06. The lowest BCUT2D eigenvalue weighted by molar-refractivity contribution is 0.0600. The van der Waals surface area contributed by atoms with Crippen LogP contribution in [-0.4, -0.2) is 21.8 Å². The maximum Gasteiger partial charge on any atom is 0.337 e. The Labute approximate surface area is 94.5 Å². The van der Waals surface area contributed by atoms with E-state index >= 15 is 0 Å². The van der Waals surface area contributed by atoms with Crippen LogP contribution in [0.3, 0.4) is 0 Å². The summed E-state index contributed by atoms with van der Waals surface area (Å²) < 4.78 is 24.4. The van der Waals surface area contributed by atoms with Gasteiger partial charge in [-0.3, -0.25) is 0 Å². The molecule has 0 radical (unpaired) electrons. The highest BCUT2D eigenvalue weighted by Crippen LogP contribution is 2.24. The lowest BCUT2D eigenvalue weighted by Crippen LogP contribution is -2.04. The first kappa shape index (κ1) is 12.2. The highest BCUT2D eigenvalue weighted by atomic mass is 35.5. The zero-order valence-electron chi connectivity index (χ0n) is 8.11. The van der Waals surface area contributed by atoms with E-state index in [1.165, 1.54) is 19.2 Å². The van der Waals surface area contributed by atoms with Gasteiger partial charge in [0.2, 0.25) is 0 Å². The number of hydrogen-bond acceptors (Lipinski definition) is 3. The lowest BCUT2D eigenvalue weighted by atomic mass is 10.1. The Morgan fingerprint density at radius 2 is 2.13 bits per heavy atom. The largest absolute Gasteiger partial charge is 0.465 e. The Kier molecular flexibility index (Phi) is 3.84. The topological polar surface area (TPSA) is 63.6 Å². The molecule has 0 fully saturated rings. The SMILES string of the molecule is COC(=O)c1cc(Cl)c(C)c(S(=O)O)c1. The van der Waals surface area contributed by atoms with Crippen molar-refractivity contribution in [2.75, 3.05) is 7.11 Å². The van der Waals surface area contributed by atoms with Crippen molar-refractivity contribution < 1.29 is 18.3 Å². The normalized spacial score (nSPS) is 12.3. The summed E-state index contributed by atoms with van der Waals surface area (Å²) in [6.45, 7) is 1.60. The molecule has 1 aromatic carbocycles. The molecule has 15 heavy (non-hydrogen) atoms. The number of carbonyl (C=O) groups excluding carboxylic acids is 1. The summed E-state index contributed by atoms with van der Waals surface area (Å²) in [5.41, 5.74) is 0.635. The van der Waals surface area contributed by atoms with Crippen LogP contribution < -0.4 is 0 Å². The molecule has 82 valence electrons. The fourth-order valence-corrected chi connectivity index (χ4v) is 1.95. The van der Waals surface area contributed by atoms with Gasteiger partial charge in [-0.05, 0) is 24.6 Å². The van der Waals surface area contributed by atoms with E-state index in [0.717, 1.165) is 0 Å². The van der Waals surface area contributed by atoms with Gasteiger partial charge in [-0.15, -0.1) is 0 Å². The number of benzene rings is 1. The molecular weight excluding hydrogens is 240 g/mol. The highest BCUT2D eigenvalue weighted by Gasteiger charge is 2.14. The summed E-state index contributed by atoms with van der Waals surface area (Å²) in [6.07, 6.45) is 0. The van der Waals surface area contributed by atoms with E-state index in [1.54, 1.807) is 6.92 Å². The van der Waals surface area contributed by atoms with Gasteiger partial charge < -0.3 is 9.29 Å². The summed E-state index contributed by atoms with van der Waals surface area (Å²) >= 11 is 3.64. The number of hydrogen-bond donors (Lipinski definition) is 1. The summed E-state index contributed by atoms with van der Waals surface area (Å²) in [5, 5.41) is 0.260. The molecule has 1 rings (SSSR count). The van der Waals surface area contributed by atoms with Crippen LogP contribution in [0, 0.1) is 6.92 Å². The van der Waals surface area contributed by atoms with Crippen molar-refractivity contribution in [3.05, 3.63) is 28.3 Å². The number of carbonyl (C=O) groups is 1.